The molecule has 7 heteroatoms. The first kappa shape index (κ1) is 22.5. The molecule has 0 aliphatic heterocycles. The maximum Gasteiger partial charge on any atom is 0.273 e. The minimum Gasteiger partial charge on any atom is -0.493 e. The van der Waals surface area contributed by atoms with Crippen LogP contribution in [0.1, 0.15) is 21.6 Å². The van der Waals surface area contributed by atoms with Gasteiger partial charge in [-0.15, -0.1) is 11.3 Å². The van der Waals surface area contributed by atoms with Crippen LogP contribution < -0.4 is 9.47 Å². The van der Waals surface area contributed by atoms with Gasteiger partial charge in [-0.25, -0.2) is 9.37 Å². The number of rotatable bonds is 8. The standard InChI is InChI=1S/C26H23FN2O3S/c1-29(15-18-6-4-3-5-7-18)26(30)22-17-33-25(28-22)20-10-13-23(24(14-20)31-2)32-16-19-8-11-21(27)12-9-19/h3-14,17H,15-16H2,1-2H3. The van der Waals surface area contributed by atoms with Gasteiger partial charge in [-0.05, 0) is 41.5 Å². The van der Waals surface area contributed by atoms with E-state index >= 15 is 0 Å². The van der Waals surface area contributed by atoms with E-state index in [1.54, 1.807) is 36.6 Å². The van der Waals surface area contributed by atoms with Crippen LogP contribution in [-0.4, -0.2) is 29.9 Å². The summed E-state index contributed by atoms with van der Waals surface area (Å²) in [6, 6.07) is 21.5. The molecule has 0 fully saturated rings. The molecule has 0 saturated heterocycles. The van der Waals surface area contributed by atoms with Crippen molar-refractivity contribution in [1.29, 1.82) is 0 Å². The van der Waals surface area contributed by atoms with Crippen molar-refractivity contribution < 1.29 is 18.7 Å². The quantitative estimate of drug-likeness (QED) is 0.332. The van der Waals surface area contributed by atoms with Crippen LogP contribution >= 0.6 is 11.3 Å². The summed E-state index contributed by atoms with van der Waals surface area (Å²) < 4.78 is 24.4. The number of benzene rings is 3. The molecule has 5 nitrogen and oxygen atoms in total. The lowest BCUT2D eigenvalue weighted by Gasteiger charge is -2.15. The molecule has 3 aromatic carbocycles. The van der Waals surface area contributed by atoms with Crippen molar-refractivity contribution in [1.82, 2.24) is 9.88 Å². The summed E-state index contributed by atoms with van der Waals surface area (Å²) >= 11 is 1.40. The summed E-state index contributed by atoms with van der Waals surface area (Å²) in [6.07, 6.45) is 0. The van der Waals surface area contributed by atoms with E-state index in [-0.39, 0.29) is 11.7 Å². The van der Waals surface area contributed by atoms with Crippen LogP contribution in [0.15, 0.2) is 78.2 Å². The fourth-order valence-electron chi connectivity index (χ4n) is 3.29. The van der Waals surface area contributed by atoms with E-state index in [4.69, 9.17) is 9.47 Å². The van der Waals surface area contributed by atoms with Gasteiger partial charge in [0.15, 0.2) is 11.5 Å². The summed E-state index contributed by atoms with van der Waals surface area (Å²) in [6.45, 7) is 0.806. The fourth-order valence-corrected chi connectivity index (χ4v) is 4.08. The molecule has 0 N–H and O–H groups in total. The molecule has 4 rings (SSSR count). The van der Waals surface area contributed by atoms with Gasteiger partial charge >= 0.3 is 0 Å². The zero-order valence-electron chi connectivity index (χ0n) is 18.3. The highest BCUT2D eigenvalue weighted by Gasteiger charge is 2.17. The minimum atomic E-state index is -0.284. The van der Waals surface area contributed by atoms with Gasteiger partial charge in [0.1, 0.15) is 23.1 Å². The molecule has 0 spiro atoms. The number of halogens is 1. The third-order valence-corrected chi connectivity index (χ3v) is 5.94. The second-order valence-corrected chi connectivity index (χ2v) is 8.32. The van der Waals surface area contributed by atoms with Crippen molar-refractivity contribution in [3.63, 3.8) is 0 Å². The van der Waals surface area contributed by atoms with Crippen LogP contribution in [0.4, 0.5) is 4.39 Å². The SMILES string of the molecule is COc1cc(-c2nc(C(=O)N(C)Cc3ccccc3)cs2)ccc1OCc1ccc(F)cc1. The Bertz CT molecular complexity index is 1230. The van der Waals surface area contributed by atoms with Gasteiger partial charge in [-0.3, -0.25) is 4.79 Å². The lowest BCUT2D eigenvalue weighted by atomic mass is 10.2. The van der Waals surface area contributed by atoms with Crippen LogP contribution in [-0.2, 0) is 13.2 Å². The minimum absolute atomic E-state index is 0.132. The van der Waals surface area contributed by atoms with Gasteiger partial charge in [0.05, 0.1) is 7.11 Å². The molecule has 1 amide bonds. The highest BCUT2D eigenvalue weighted by molar-refractivity contribution is 7.13. The van der Waals surface area contributed by atoms with Crippen LogP contribution in [0, 0.1) is 5.82 Å². The van der Waals surface area contributed by atoms with Crippen molar-refractivity contribution in [2.45, 2.75) is 13.2 Å². The average Bonchev–Trinajstić information content (AvgIpc) is 3.34. The first-order valence-electron chi connectivity index (χ1n) is 10.3. The topological polar surface area (TPSA) is 51.7 Å². The van der Waals surface area contributed by atoms with Crippen molar-refractivity contribution in [3.05, 3.63) is 101 Å². The van der Waals surface area contributed by atoms with Gasteiger partial charge in [0, 0.05) is 24.5 Å². The molecule has 0 saturated carbocycles. The zero-order valence-corrected chi connectivity index (χ0v) is 19.1. The van der Waals surface area contributed by atoms with Crippen molar-refractivity contribution in [3.8, 4) is 22.1 Å². The van der Waals surface area contributed by atoms with Crippen molar-refractivity contribution in [2.24, 2.45) is 0 Å². The molecular weight excluding hydrogens is 439 g/mol. The van der Waals surface area contributed by atoms with Crippen molar-refractivity contribution in [2.75, 3.05) is 14.2 Å². The van der Waals surface area contributed by atoms with E-state index in [1.165, 1.54) is 23.5 Å². The number of nitrogens with zero attached hydrogens (tertiary/aromatic N) is 2. The molecule has 0 bridgehead atoms. The molecule has 168 valence electrons. The number of methoxy groups -OCH3 is 1. The Morgan fingerprint density at radius 2 is 1.76 bits per heavy atom. The van der Waals surface area contributed by atoms with Crippen LogP contribution in [0.5, 0.6) is 11.5 Å². The van der Waals surface area contributed by atoms with Crippen LogP contribution in [0.3, 0.4) is 0 Å². The molecule has 1 aromatic heterocycles. The first-order valence-corrected chi connectivity index (χ1v) is 11.2. The summed E-state index contributed by atoms with van der Waals surface area (Å²) in [5.74, 6) is 0.709. The van der Waals surface area contributed by atoms with Gasteiger partial charge in [-0.1, -0.05) is 42.5 Å². The number of thiazole rings is 1. The molecule has 0 radical (unpaired) electrons. The average molecular weight is 463 g/mol. The number of carbonyl (C=O) groups is 1. The number of carbonyl (C=O) groups excluding carboxylic acids is 1. The molecule has 0 unspecified atom stereocenters. The number of ether oxygens (including phenoxy) is 2. The van der Waals surface area contributed by atoms with E-state index in [1.807, 2.05) is 48.5 Å². The molecule has 33 heavy (non-hydrogen) atoms. The lowest BCUT2D eigenvalue weighted by molar-refractivity contribution is 0.0780. The Morgan fingerprint density at radius 1 is 1.00 bits per heavy atom. The third-order valence-electron chi connectivity index (χ3n) is 5.05. The van der Waals surface area contributed by atoms with Gasteiger partial charge in [-0.2, -0.15) is 0 Å². The molecule has 0 aliphatic rings. The largest absolute Gasteiger partial charge is 0.493 e. The zero-order chi connectivity index (χ0) is 23.2. The van der Waals surface area contributed by atoms with E-state index in [0.29, 0.717) is 30.3 Å². The Morgan fingerprint density at radius 3 is 2.48 bits per heavy atom. The summed E-state index contributed by atoms with van der Waals surface area (Å²) in [4.78, 5) is 19.0. The maximum atomic E-state index is 13.1. The van der Waals surface area contributed by atoms with E-state index in [0.717, 1.165) is 21.7 Å². The Labute approximate surface area is 196 Å². The summed E-state index contributed by atoms with van der Waals surface area (Å²) in [5, 5.41) is 2.49. The Hall–Kier alpha value is -3.71. The smallest absolute Gasteiger partial charge is 0.273 e. The normalized spacial score (nSPS) is 10.6. The van der Waals surface area contributed by atoms with E-state index in [2.05, 4.69) is 4.98 Å². The predicted molar refractivity (Wildman–Crippen MR) is 127 cm³/mol. The second kappa shape index (κ2) is 10.3. The van der Waals surface area contributed by atoms with Gasteiger partial charge in [0.25, 0.3) is 5.91 Å². The first-order chi connectivity index (χ1) is 16.0. The lowest BCUT2D eigenvalue weighted by Crippen LogP contribution is -2.26. The fraction of sp³-hybridized carbons (Fsp3) is 0.154. The summed E-state index contributed by atoms with van der Waals surface area (Å²) in [5.41, 5.74) is 3.15. The van der Waals surface area contributed by atoms with Crippen LogP contribution in [0.2, 0.25) is 0 Å². The third kappa shape index (κ3) is 5.56. The second-order valence-electron chi connectivity index (χ2n) is 7.47. The highest BCUT2D eigenvalue weighted by atomic mass is 32.1. The number of hydrogen-bond acceptors (Lipinski definition) is 5. The molecule has 0 atom stereocenters. The monoisotopic (exact) mass is 462 g/mol. The Kier molecular flexibility index (Phi) is 7.00. The summed E-state index contributed by atoms with van der Waals surface area (Å²) in [7, 11) is 3.34. The van der Waals surface area contributed by atoms with E-state index < -0.39 is 0 Å². The van der Waals surface area contributed by atoms with E-state index in [9.17, 15) is 9.18 Å². The molecule has 1 heterocycles. The Balaban J connectivity index is 1.45. The number of hydrogen-bond donors (Lipinski definition) is 0. The van der Waals surface area contributed by atoms with Crippen LogP contribution in [0.25, 0.3) is 10.6 Å². The molecule has 0 aliphatic carbocycles. The van der Waals surface area contributed by atoms with Crippen molar-refractivity contribution >= 4 is 17.2 Å². The molecule has 4 aromatic rings. The predicted octanol–water partition coefficient (Wildman–Crippen LogP) is 5.81. The highest BCUT2D eigenvalue weighted by Crippen LogP contribution is 2.34. The van der Waals surface area contributed by atoms with Gasteiger partial charge < -0.3 is 14.4 Å². The number of aromatic nitrogens is 1. The maximum absolute atomic E-state index is 13.1. The number of amides is 1. The molecular formula is C26H23FN2O3S. The van der Waals surface area contributed by atoms with Gasteiger partial charge in [0.2, 0.25) is 0 Å².